The first-order valence-corrected chi connectivity index (χ1v) is 7.47. The fraction of sp³-hybridized carbons (Fsp3) is 0.636. The van der Waals surface area contributed by atoms with Crippen molar-refractivity contribution in [2.24, 2.45) is 0 Å². The van der Waals surface area contributed by atoms with Gasteiger partial charge in [0.2, 0.25) is 0 Å². The average Bonchev–Trinajstić information content (AvgIpc) is 2.96. The van der Waals surface area contributed by atoms with Gasteiger partial charge in [-0.05, 0) is 19.1 Å². The van der Waals surface area contributed by atoms with Gasteiger partial charge in [0.25, 0.3) is 0 Å². The Labute approximate surface area is 109 Å². The minimum absolute atomic E-state index is 0.348. The Balaban J connectivity index is 2.18. The number of aromatic nitrogens is 1. The molecule has 0 saturated carbocycles. The van der Waals surface area contributed by atoms with Gasteiger partial charge in [0, 0.05) is 23.7 Å². The molecule has 0 N–H and O–H groups in total. The van der Waals surface area contributed by atoms with Crippen LogP contribution in [0.15, 0.2) is 0 Å². The van der Waals surface area contributed by atoms with Crippen LogP contribution in [0.4, 0.5) is 5.13 Å². The van der Waals surface area contributed by atoms with Crippen LogP contribution in [0.25, 0.3) is 0 Å². The van der Waals surface area contributed by atoms with Crippen LogP contribution >= 0.6 is 23.1 Å². The monoisotopic (exact) mass is 272 g/mol. The van der Waals surface area contributed by atoms with Crippen molar-refractivity contribution in [3.05, 3.63) is 10.6 Å². The van der Waals surface area contributed by atoms with Gasteiger partial charge in [0.05, 0.1) is 7.11 Å². The molecule has 1 fully saturated rings. The van der Waals surface area contributed by atoms with Crippen molar-refractivity contribution in [2.45, 2.75) is 19.4 Å². The van der Waals surface area contributed by atoms with Gasteiger partial charge in [-0.25, -0.2) is 9.78 Å². The number of carbonyl (C=O) groups is 1. The lowest BCUT2D eigenvalue weighted by Crippen LogP contribution is -2.31. The number of aryl methyl sites for hydroxylation is 1. The lowest BCUT2D eigenvalue weighted by Gasteiger charge is -2.22. The second-order valence-corrected chi connectivity index (χ2v) is 6.35. The van der Waals surface area contributed by atoms with Gasteiger partial charge in [0.1, 0.15) is 0 Å². The summed E-state index contributed by atoms with van der Waals surface area (Å²) in [5.74, 6) is 2.01. The van der Waals surface area contributed by atoms with Gasteiger partial charge in [0.15, 0.2) is 10.8 Å². The fourth-order valence-electron chi connectivity index (χ4n) is 1.80. The summed E-state index contributed by atoms with van der Waals surface area (Å²) in [6, 6.07) is 0.538. The SMILES string of the molecule is COC(=O)c1nc(N(C)C2CCSC2)sc1C. The van der Waals surface area contributed by atoms with E-state index in [2.05, 4.69) is 16.9 Å². The zero-order valence-electron chi connectivity index (χ0n) is 10.2. The Morgan fingerprint density at radius 3 is 2.94 bits per heavy atom. The minimum Gasteiger partial charge on any atom is -0.464 e. The molecule has 1 unspecified atom stereocenters. The van der Waals surface area contributed by atoms with Crippen molar-refractivity contribution in [3.8, 4) is 0 Å². The van der Waals surface area contributed by atoms with Crippen molar-refractivity contribution >= 4 is 34.2 Å². The lowest BCUT2D eigenvalue weighted by atomic mass is 10.2. The number of nitrogens with zero attached hydrogens (tertiary/aromatic N) is 2. The fourth-order valence-corrected chi connectivity index (χ4v) is 4.00. The molecule has 1 saturated heterocycles. The summed E-state index contributed by atoms with van der Waals surface area (Å²) in [6.07, 6.45) is 1.19. The van der Waals surface area contributed by atoms with E-state index in [1.165, 1.54) is 19.3 Å². The molecule has 1 atom stereocenters. The van der Waals surface area contributed by atoms with Crippen molar-refractivity contribution < 1.29 is 9.53 Å². The quantitative estimate of drug-likeness (QED) is 0.789. The summed E-state index contributed by atoms with van der Waals surface area (Å²) in [5.41, 5.74) is 0.449. The molecular weight excluding hydrogens is 256 g/mol. The summed E-state index contributed by atoms with van der Waals surface area (Å²) < 4.78 is 4.72. The van der Waals surface area contributed by atoms with Crippen LogP contribution in [0.1, 0.15) is 21.8 Å². The topological polar surface area (TPSA) is 42.4 Å². The molecule has 1 aromatic heterocycles. The molecule has 1 aromatic rings. The van der Waals surface area contributed by atoms with E-state index in [-0.39, 0.29) is 5.97 Å². The van der Waals surface area contributed by atoms with E-state index in [9.17, 15) is 4.79 Å². The molecule has 0 amide bonds. The summed E-state index contributed by atoms with van der Waals surface area (Å²) in [5, 5.41) is 0.912. The standard InChI is InChI=1S/C11H16N2O2S2/c1-7-9(10(14)15-3)12-11(17-7)13(2)8-4-5-16-6-8/h8H,4-6H2,1-3H3. The maximum atomic E-state index is 11.5. The third-order valence-corrected chi connectivity index (χ3v) is 5.13. The predicted octanol–water partition coefficient (Wildman–Crippen LogP) is 2.18. The highest BCUT2D eigenvalue weighted by atomic mass is 32.2. The molecule has 17 heavy (non-hydrogen) atoms. The summed E-state index contributed by atoms with van der Waals surface area (Å²) in [6.45, 7) is 1.91. The second-order valence-electron chi connectivity index (χ2n) is 4.02. The number of hydrogen-bond donors (Lipinski definition) is 0. The molecule has 0 radical (unpaired) electrons. The normalized spacial score (nSPS) is 19.4. The smallest absolute Gasteiger partial charge is 0.357 e. The first kappa shape index (κ1) is 12.7. The van der Waals surface area contributed by atoms with E-state index >= 15 is 0 Å². The number of carbonyl (C=O) groups excluding carboxylic acids is 1. The van der Waals surface area contributed by atoms with E-state index in [4.69, 9.17) is 4.74 Å². The zero-order valence-corrected chi connectivity index (χ0v) is 11.9. The maximum absolute atomic E-state index is 11.5. The van der Waals surface area contributed by atoms with E-state index in [0.29, 0.717) is 11.7 Å². The van der Waals surface area contributed by atoms with Crippen LogP contribution in [0.2, 0.25) is 0 Å². The third-order valence-electron chi connectivity index (χ3n) is 2.92. The number of esters is 1. The summed E-state index contributed by atoms with van der Waals surface area (Å²) in [4.78, 5) is 19.0. The van der Waals surface area contributed by atoms with Crippen molar-refractivity contribution in [1.29, 1.82) is 0 Å². The summed E-state index contributed by atoms with van der Waals surface area (Å²) >= 11 is 3.53. The van der Waals surface area contributed by atoms with Gasteiger partial charge in [-0.2, -0.15) is 11.8 Å². The van der Waals surface area contributed by atoms with Crippen molar-refractivity contribution in [2.75, 3.05) is 30.6 Å². The molecule has 4 nitrogen and oxygen atoms in total. The molecular formula is C11H16N2O2S2. The van der Waals surface area contributed by atoms with Crippen LogP contribution in [0.3, 0.4) is 0 Å². The molecule has 0 bridgehead atoms. The van der Waals surface area contributed by atoms with Crippen molar-refractivity contribution in [1.82, 2.24) is 4.98 Å². The Morgan fingerprint density at radius 1 is 1.59 bits per heavy atom. The minimum atomic E-state index is -0.348. The largest absolute Gasteiger partial charge is 0.464 e. The second kappa shape index (κ2) is 5.27. The average molecular weight is 272 g/mol. The molecule has 0 spiro atoms. The van der Waals surface area contributed by atoms with Gasteiger partial charge in [-0.15, -0.1) is 11.3 Å². The molecule has 94 valence electrons. The van der Waals surface area contributed by atoms with Crippen molar-refractivity contribution in [3.63, 3.8) is 0 Å². The van der Waals surface area contributed by atoms with Crippen LogP contribution in [0.5, 0.6) is 0 Å². The van der Waals surface area contributed by atoms with Crippen LogP contribution < -0.4 is 4.90 Å². The molecule has 1 aliphatic heterocycles. The van der Waals surface area contributed by atoms with Crippen LogP contribution in [0, 0.1) is 6.92 Å². The highest BCUT2D eigenvalue weighted by molar-refractivity contribution is 7.99. The van der Waals surface area contributed by atoms with E-state index in [1.54, 1.807) is 11.3 Å². The highest BCUT2D eigenvalue weighted by Crippen LogP contribution is 2.30. The molecule has 2 heterocycles. The highest BCUT2D eigenvalue weighted by Gasteiger charge is 2.24. The third kappa shape index (κ3) is 2.57. The first-order valence-electron chi connectivity index (χ1n) is 5.49. The molecule has 0 aromatic carbocycles. The van der Waals surface area contributed by atoms with Crippen LogP contribution in [-0.2, 0) is 4.74 Å². The Morgan fingerprint density at radius 2 is 2.35 bits per heavy atom. The Hall–Kier alpha value is -0.750. The number of anilines is 1. The predicted molar refractivity (Wildman–Crippen MR) is 72.3 cm³/mol. The van der Waals surface area contributed by atoms with Gasteiger partial charge >= 0.3 is 5.97 Å². The summed E-state index contributed by atoms with van der Waals surface area (Å²) in [7, 11) is 3.44. The number of hydrogen-bond acceptors (Lipinski definition) is 6. The number of thiazole rings is 1. The van der Waals surface area contributed by atoms with Gasteiger partial charge in [-0.1, -0.05) is 0 Å². The van der Waals surface area contributed by atoms with E-state index in [1.807, 2.05) is 18.7 Å². The Kier molecular flexibility index (Phi) is 3.93. The van der Waals surface area contributed by atoms with E-state index < -0.39 is 0 Å². The molecule has 6 heteroatoms. The van der Waals surface area contributed by atoms with Crippen LogP contribution in [-0.4, -0.2) is 42.7 Å². The zero-order chi connectivity index (χ0) is 12.4. The molecule has 0 aliphatic carbocycles. The Bertz CT molecular complexity index is 414. The number of ether oxygens (including phenoxy) is 1. The number of methoxy groups -OCH3 is 1. The molecule has 2 rings (SSSR count). The molecule has 1 aliphatic rings. The van der Waals surface area contributed by atoms with Gasteiger partial charge in [-0.3, -0.25) is 0 Å². The number of thioether (sulfide) groups is 1. The first-order chi connectivity index (χ1) is 8.13. The van der Waals surface area contributed by atoms with E-state index in [0.717, 1.165) is 15.8 Å². The lowest BCUT2D eigenvalue weighted by molar-refractivity contribution is 0.0594. The number of rotatable bonds is 3. The van der Waals surface area contributed by atoms with Gasteiger partial charge < -0.3 is 9.64 Å². The maximum Gasteiger partial charge on any atom is 0.357 e.